The largest absolute Gasteiger partial charge is 0.388 e. The van der Waals surface area contributed by atoms with Crippen LogP contribution in [0, 0.1) is 0 Å². The number of aliphatic hydroxyl groups excluding tert-OH is 1. The molecular weight excluding hydrogens is 232 g/mol. The topological polar surface area (TPSA) is 46.0 Å². The Bertz CT molecular complexity index is 509. The maximum atomic E-state index is 9.90. The minimum absolute atomic E-state index is 0.293. The monoisotopic (exact) mass is 246 g/mol. The minimum Gasteiger partial charge on any atom is -0.388 e. The van der Waals surface area contributed by atoms with Crippen molar-refractivity contribution in [3.63, 3.8) is 0 Å². The fraction of sp³-hybridized carbons (Fsp3) is 0.385. The molecule has 0 saturated carbocycles. The number of hydrogen-bond acceptors (Lipinski definition) is 4. The highest BCUT2D eigenvalue weighted by molar-refractivity contribution is 7.11. The van der Waals surface area contributed by atoms with E-state index in [0.717, 1.165) is 41.3 Å². The summed E-state index contributed by atoms with van der Waals surface area (Å²) in [5.41, 5.74) is 2.28. The summed E-state index contributed by atoms with van der Waals surface area (Å²) in [6.07, 6.45) is 7.11. The van der Waals surface area contributed by atoms with Gasteiger partial charge in [-0.15, -0.1) is 11.3 Å². The normalized spacial score (nSPS) is 19.0. The number of nitrogens with zero attached hydrogens (tertiary/aromatic N) is 2. The smallest absolute Gasteiger partial charge is 0.0976 e. The summed E-state index contributed by atoms with van der Waals surface area (Å²) in [5, 5.41) is 11.0. The summed E-state index contributed by atoms with van der Waals surface area (Å²) < 4.78 is 0. The van der Waals surface area contributed by atoms with Crippen LogP contribution in [0.4, 0.5) is 0 Å². The molecule has 0 spiro atoms. The SMILES string of the molecule is OC1CCCc2nc(Cc3cccnc3)sc21. The number of aromatic nitrogens is 2. The van der Waals surface area contributed by atoms with E-state index in [2.05, 4.69) is 16.0 Å². The fourth-order valence-corrected chi connectivity index (χ4v) is 3.37. The van der Waals surface area contributed by atoms with E-state index in [-0.39, 0.29) is 6.10 Å². The molecule has 2 aromatic rings. The molecular formula is C13H14N2OS. The number of thiazole rings is 1. The van der Waals surface area contributed by atoms with Gasteiger partial charge in [0, 0.05) is 18.8 Å². The molecule has 0 amide bonds. The maximum Gasteiger partial charge on any atom is 0.0976 e. The molecule has 88 valence electrons. The van der Waals surface area contributed by atoms with Crippen LogP contribution in [0.5, 0.6) is 0 Å². The van der Waals surface area contributed by atoms with Crippen molar-refractivity contribution in [1.29, 1.82) is 0 Å². The highest BCUT2D eigenvalue weighted by Crippen LogP contribution is 2.34. The summed E-state index contributed by atoms with van der Waals surface area (Å²) in [6, 6.07) is 4.00. The fourth-order valence-electron chi connectivity index (χ4n) is 2.20. The van der Waals surface area contributed by atoms with Crippen LogP contribution in [-0.4, -0.2) is 15.1 Å². The second kappa shape index (κ2) is 4.55. The lowest BCUT2D eigenvalue weighted by Gasteiger charge is -2.14. The Hall–Kier alpha value is -1.26. The van der Waals surface area contributed by atoms with Crippen molar-refractivity contribution in [2.24, 2.45) is 0 Å². The molecule has 0 aliphatic heterocycles. The molecule has 1 N–H and O–H groups in total. The lowest BCUT2D eigenvalue weighted by molar-refractivity contribution is 0.160. The summed E-state index contributed by atoms with van der Waals surface area (Å²) in [4.78, 5) is 9.81. The molecule has 3 rings (SSSR count). The van der Waals surface area contributed by atoms with Gasteiger partial charge in [0.05, 0.1) is 21.7 Å². The standard InChI is InChI=1S/C13H14N2OS/c16-11-5-1-4-10-13(11)17-12(15-10)7-9-3-2-6-14-8-9/h2-3,6,8,11,16H,1,4-5,7H2. The predicted molar refractivity (Wildman–Crippen MR) is 67.1 cm³/mol. The van der Waals surface area contributed by atoms with E-state index in [9.17, 15) is 5.11 Å². The van der Waals surface area contributed by atoms with Gasteiger partial charge in [0.2, 0.25) is 0 Å². The van der Waals surface area contributed by atoms with E-state index in [1.165, 1.54) is 5.56 Å². The lowest BCUT2D eigenvalue weighted by Crippen LogP contribution is -2.06. The molecule has 4 heteroatoms. The molecule has 2 aromatic heterocycles. The molecule has 1 unspecified atom stereocenters. The average Bonchev–Trinajstić information content (AvgIpc) is 2.74. The van der Waals surface area contributed by atoms with E-state index in [1.54, 1.807) is 17.5 Å². The first-order chi connectivity index (χ1) is 8.33. The lowest BCUT2D eigenvalue weighted by atomic mass is 10.0. The van der Waals surface area contributed by atoms with Crippen molar-refractivity contribution >= 4 is 11.3 Å². The van der Waals surface area contributed by atoms with Crippen molar-refractivity contribution in [2.75, 3.05) is 0 Å². The van der Waals surface area contributed by atoms with Gasteiger partial charge in [-0.05, 0) is 30.9 Å². The molecule has 0 radical (unpaired) electrons. The van der Waals surface area contributed by atoms with Crippen LogP contribution < -0.4 is 0 Å². The van der Waals surface area contributed by atoms with E-state index in [4.69, 9.17) is 0 Å². The molecule has 0 bridgehead atoms. The zero-order valence-corrected chi connectivity index (χ0v) is 10.3. The van der Waals surface area contributed by atoms with Crippen molar-refractivity contribution in [1.82, 2.24) is 9.97 Å². The number of aliphatic hydroxyl groups is 1. The van der Waals surface area contributed by atoms with Crippen LogP contribution >= 0.6 is 11.3 Å². The van der Waals surface area contributed by atoms with Crippen LogP contribution in [0.2, 0.25) is 0 Å². The van der Waals surface area contributed by atoms with Crippen LogP contribution in [0.15, 0.2) is 24.5 Å². The van der Waals surface area contributed by atoms with Gasteiger partial charge in [0.15, 0.2) is 0 Å². The zero-order valence-electron chi connectivity index (χ0n) is 9.47. The van der Waals surface area contributed by atoms with E-state index in [1.807, 2.05) is 12.3 Å². The summed E-state index contributed by atoms with van der Waals surface area (Å²) in [5.74, 6) is 0. The predicted octanol–water partition coefficient (Wildman–Crippen LogP) is 2.50. The van der Waals surface area contributed by atoms with Crippen LogP contribution in [0.1, 0.15) is 40.1 Å². The van der Waals surface area contributed by atoms with Crippen molar-refractivity contribution in [3.05, 3.63) is 45.7 Å². The zero-order chi connectivity index (χ0) is 11.7. The van der Waals surface area contributed by atoms with Crippen molar-refractivity contribution in [3.8, 4) is 0 Å². The third-order valence-electron chi connectivity index (χ3n) is 3.04. The van der Waals surface area contributed by atoms with Gasteiger partial charge in [-0.25, -0.2) is 4.98 Å². The number of pyridine rings is 1. The van der Waals surface area contributed by atoms with Crippen molar-refractivity contribution < 1.29 is 5.11 Å². The molecule has 0 aromatic carbocycles. The Labute approximate surface area is 104 Å². The molecule has 1 aliphatic carbocycles. The summed E-state index contributed by atoms with van der Waals surface area (Å²) in [7, 11) is 0. The first-order valence-corrected chi connectivity index (χ1v) is 6.70. The third kappa shape index (κ3) is 2.23. The Morgan fingerprint density at radius 1 is 1.47 bits per heavy atom. The Balaban J connectivity index is 1.85. The first-order valence-electron chi connectivity index (χ1n) is 5.88. The highest BCUT2D eigenvalue weighted by atomic mass is 32.1. The van der Waals surface area contributed by atoms with Gasteiger partial charge in [-0.2, -0.15) is 0 Å². The van der Waals surface area contributed by atoms with E-state index < -0.39 is 0 Å². The van der Waals surface area contributed by atoms with Gasteiger partial charge in [0.25, 0.3) is 0 Å². The average molecular weight is 246 g/mol. The number of aryl methyl sites for hydroxylation is 1. The van der Waals surface area contributed by atoms with Gasteiger partial charge in [-0.1, -0.05) is 6.07 Å². The number of fused-ring (bicyclic) bond motifs is 1. The van der Waals surface area contributed by atoms with Gasteiger partial charge >= 0.3 is 0 Å². The molecule has 0 saturated heterocycles. The minimum atomic E-state index is -0.293. The maximum absolute atomic E-state index is 9.90. The molecule has 1 aliphatic rings. The number of rotatable bonds is 2. The van der Waals surface area contributed by atoms with Gasteiger partial charge in [-0.3, -0.25) is 4.98 Å². The molecule has 3 nitrogen and oxygen atoms in total. The summed E-state index contributed by atoms with van der Waals surface area (Å²) >= 11 is 1.65. The van der Waals surface area contributed by atoms with Crippen LogP contribution in [0.3, 0.4) is 0 Å². The van der Waals surface area contributed by atoms with E-state index in [0.29, 0.717) is 0 Å². The van der Waals surface area contributed by atoms with Crippen molar-refractivity contribution in [2.45, 2.75) is 31.8 Å². The highest BCUT2D eigenvalue weighted by Gasteiger charge is 2.22. The van der Waals surface area contributed by atoms with Gasteiger partial charge < -0.3 is 5.11 Å². The molecule has 1 atom stereocenters. The van der Waals surface area contributed by atoms with Gasteiger partial charge in [0.1, 0.15) is 0 Å². The molecule has 17 heavy (non-hydrogen) atoms. The molecule has 0 fully saturated rings. The Kier molecular flexibility index (Phi) is 2.91. The second-order valence-electron chi connectivity index (χ2n) is 4.36. The molecule has 2 heterocycles. The Morgan fingerprint density at radius 3 is 3.18 bits per heavy atom. The van der Waals surface area contributed by atoms with E-state index >= 15 is 0 Å². The third-order valence-corrected chi connectivity index (χ3v) is 4.24. The van der Waals surface area contributed by atoms with Crippen LogP contribution in [0.25, 0.3) is 0 Å². The summed E-state index contributed by atoms with van der Waals surface area (Å²) in [6.45, 7) is 0. The number of hydrogen-bond donors (Lipinski definition) is 1. The quantitative estimate of drug-likeness (QED) is 0.885. The first kappa shape index (κ1) is 10.9. The van der Waals surface area contributed by atoms with Crippen LogP contribution in [-0.2, 0) is 12.8 Å². The Morgan fingerprint density at radius 2 is 2.41 bits per heavy atom. The second-order valence-corrected chi connectivity index (χ2v) is 5.48.